The van der Waals surface area contributed by atoms with Crippen LogP contribution in [0.4, 0.5) is 5.69 Å². The largest absolute Gasteiger partial charge is 0.399 e. The van der Waals surface area contributed by atoms with Crippen LogP contribution in [0.1, 0.15) is 23.5 Å². The Labute approximate surface area is 125 Å². The molecule has 0 saturated carbocycles. The van der Waals surface area contributed by atoms with Crippen molar-refractivity contribution < 1.29 is 0 Å². The maximum Gasteiger partial charge on any atom is 0.0452 e. The summed E-state index contributed by atoms with van der Waals surface area (Å²) in [5, 5.41) is 0.808. The summed E-state index contributed by atoms with van der Waals surface area (Å²) in [6.07, 6.45) is 1.21. The first-order valence-electron chi connectivity index (χ1n) is 7.03. The van der Waals surface area contributed by atoms with Crippen molar-refractivity contribution >= 4 is 17.3 Å². The fourth-order valence-corrected chi connectivity index (χ4v) is 3.11. The molecule has 104 valence electrons. The van der Waals surface area contributed by atoms with Crippen LogP contribution in [0, 0.1) is 0 Å². The smallest absolute Gasteiger partial charge is 0.0452 e. The van der Waals surface area contributed by atoms with Gasteiger partial charge in [0, 0.05) is 23.8 Å². The number of hydrogen-bond donors (Lipinski definition) is 1. The highest BCUT2D eigenvalue weighted by Gasteiger charge is 2.24. The summed E-state index contributed by atoms with van der Waals surface area (Å²) in [6.45, 7) is 3.09. The average Bonchev–Trinajstić information content (AvgIpc) is 2.92. The summed E-state index contributed by atoms with van der Waals surface area (Å²) < 4.78 is 0. The monoisotopic (exact) mass is 286 g/mol. The number of nitrogen functional groups attached to an aromatic ring is 1. The highest BCUT2D eigenvalue weighted by molar-refractivity contribution is 6.31. The van der Waals surface area contributed by atoms with Crippen LogP contribution < -0.4 is 5.73 Å². The molecule has 3 heteroatoms. The van der Waals surface area contributed by atoms with Crippen molar-refractivity contribution in [2.45, 2.75) is 18.9 Å². The molecule has 1 unspecified atom stereocenters. The molecule has 2 aromatic rings. The first kappa shape index (κ1) is 13.5. The van der Waals surface area contributed by atoms with Crippen molar-refractivity contribution in [1.82, 2.24) is 4.90 Å². The number of benzene rings is 2. The van der Waals surface area contributed by atoms with Crippen molar-refractivity contribution in [1.29, 1.82) is 0 Å². The van der Waals surface area contributed by atoms with Gasteiger partial charge in [-0.15, -0.1) is 0 Å². The fourth-order valence-electron chi connectivity index (χ4n) is 2.93. The molecule has 1 heterocycles. The molecule has 1 aliphatic heterocycles. The van der Waals surface area contributed by atoms with Crippen molar-refractivity contribution in [2.75, 3.05) is 18.8 Å². The number of nitrogens with two attached hydrogens (primary N) is 1. The highest BCUT2D eigenvalue weighted by atomic mass is 35.5. The summed E-state index contributed by atoms with van der Waals surface area (Å²) >= 11 is 6.25. The van der Waals surface area contributed by atoms with Crippen LogP contribution in [0.2, 0.25) is 5.02 Å². The van der Waals surface area contributed by atoms with Gasteiger partial charge in [-0.2, -0.15) is 0 Å². The van der Waals surface area contributed by atoms with Gasteiger partial charge >= 0.3 is 0 Å². The van der Waals surface area contributed by atoms with Crippen molar-refractivity contribution in [3.8, 4) is 0 Å². The van der Waals surface area contributed by atoms with Gasteiger partial charge in [0.1, 0.15) is 0 Å². The quantitative estimate of drug-likeness (QED) is 0.867. The van der Waals surface area contributed by atoms with Crippen LogP contribution in [0.15, 0.2) is 48.5 Å². The molecular formula is C17H19ClN2. The second kappa shape index (κ2) is 5.86. The van der Waals surface area contributed by atoms with E-state index >= 15 is 0 Å². The zero-order chi connectivity index (χ0) is 13.9. The standard InChI is InChI=1S/C17H19ClN2/c18-17-7-6-16(19)10-15(17)12-20-9-8-14(11-20)13-4-2-1-3-5-13/h1-7,10,14H,8-9,11-12,19H2. The van der Waals surface area contributed by atoms with Gasteiger partial charge in [-0.25, -0.2) is 0 Å². The normalized spacial score (nSPS) is 19.4. The summed E-state index contributed by atoms with van der Waals surface area (Å²) in [5.74, 6) is 0.635. The molecule has 2 nitrogen and oxygen atoms in total. The van der Waals surface area contributed by atoms with E-state index in [4.69, 9.17) is 17.3 Å². The van der Waals surface area contributed by atoms with E-state index in [1.807, 2.05) is 18.2 Å². The SMILES string of the molecule is Nc1ccc(Cl)c(CN2CCC(c3ccccc3)C2)c1. The van der Waals surface area contributed by atoms with E-state index in [1.54, 1.807) is 0 Å². The maximum absolute atomic E-state index is 6.25. The Morgan fingerprint density at radius 2 is 1.95 bits per heavy atom. The van der Waals surface area contributed by atoms with E-state index in [9.17, 15) is 0 Å². The number of nitrogens with zero attached hydrogens (tertiary/aromatic N) is 1. The molecule has 1 aliphatic rings. The summed E-state index contributed by atoms with van der Waals surface area (Å²) in [7, 11) is 0. The predicted octanol–water partition coefficient (Wildman–Crippen LogP) is 3.91. The number of likely N-dealkylation sites (tertiary alicyclic amines) is 1. The van der Waals surface area contributed by atoms with Gasteiger partial charge in [0.05, 0.1) is 0 Å². The molecule has 1 fully saturated rings. The second-order valence-electron chi connectivity index (χ2n) is 5.48. The lowest BCUT2D eigenvalue weighted by Crippen LogP contribution is -2.20. The van der Waals surface area contributed by atoms with E-state index in [2.05, 4.69) is 35.2 Å². The van der Waals surface area contributed by atoms with Crippen LogP contribution in [0.3, 0.4) is 0 Å². The minimum atomic E-state index is 0.635. The van der Waals surface area contributed by atoms with Gasteiger partial charge in [-0.3, -0.25) is 4.90 Å². The number of hydrogen-bond acceptors (Lipinski definition) is 2. The molecule has 2 aromatic carbocycles. The molecule has 0 aromatic heterocycles. The Hall–Kier alpha value is -1.51. The summed E-state index contributed by atoms with van der Waals surface area (Å²) in [6, 6.07) is 16.5. The third-order valence-electron chi connectivity index (χ3n) is 4.01. The van der Waals surface area contributed by atoms with E-state index in [0.29, 0.717) is 5.92 Å². The van der Waals surface area contributed by atoms with Crippen molar-refractivity contribution in [3.63, 3.8) is 0 Å². The van der Waals surface area contributed by atoms with Crippen molar-refractivity contribution in [3.05, 3.63) is 64.7 Å². The number of halogens is 1. The first-order valence-corrected chi connectivity index (χ1v) is 7.41. The molecular weight excluding hydrogens is 268 g/mol. The summed E-state index contributed by atoms with van der Waals surface area (Å²) in [4.78, 5) is 2.46. The Morgan fingerprint density at radius 3 is 2.75 bits per heavy atom. The minimum Gasteiger partial charge on any atom is -0.399 e. The Kier molecular flexibility index (Phi) is 3.95. The van der Waals surface area contributed by atoms with Gasteiger partial charge in [0.2, 0.25) is 0 Å². The molecule has 0 bridgehead atoms. The lowest BCUT2D eigenvalue weighted by molar-refractivity contribution is 0.327. The zero-order valence-electron chi connectivity index (χ0n) is 11.4. The molecule has 0 aliphatic carbocycles. The number of rotatable bonds is 3. The van der Waals surface area contributed by atoms with E-state index in [1.165, 1.54) is 12.0 Å². The van der Waals surface area contributed by atoms with Crippen molar-refractivity contribution in [2.24, 2.45) is 0 Å². The summed E-state index contributed by atoms with van der Waals surface area (Å²) in [5.41, 5.74) is 9.19. The Morgan fingerprint density at radius 1 is 1.15 bits per heavy atom. The lowest BCUT2D eigenvalue weighted by Gasteiger charge is -2.17. The van der Waals surface area contributed by atoms with E-state index < -0.39 is 0 Å². The third kappa shape index (κ3) is 2.97. The third-order valence-corrected chi connectivity index (χ3v) is 4.38. The van der Waals surface area contributed by atoms with Crippen LogP contribution >= 0.6 is 11.6 Å². The van der Waals surface area contributed by atoms with Gasteiger partial charge in [0.25, 0.3) is 0 Å². The molecule has 1 saturated heterocycles. The molecule has 3 rings (SSSR count). The predicted molar refractivity (Wildman–Crippen MR) is 84.9 cm³/mol. The number of anilines is 1. The van der Waals surface area contributed by atoms with Gasteiger partial charge in [-0.05, 0) is 48.2 Å². The maximum atomic E-state index is 6.25. The van der Waals surface area contributed by atoms with Crippen LogP contribution in [0.25, 0.3) is 0 Å². The average molecular weight is 287 g/mol. The molecule has 0 radical (unpaired) electrons. The van der Waals surface area contributed by atoms with Crippen LogP contribution in [-0.2, 0) is 6.54 Å². The van der Waals surface area contributed by atoms with Gasteiger partial charge in [-0.1, -0.05) is 41.9 Å². The highest BCUT2D eigenvalue weighted by Crippen LogP contribution is 2.29. The van der Waals surface area contributed by atoms with Gasteiger partial charge in [0.15, 0.2) is 0 Å². The molecule has 2 N–H and O–H groups in total. The molecule has 1 atom stereocenters. The van der Waals surface area contributed by atoms with Crippen LogP contribution in [-0.4, -0.2) is 18.0 Å². The van der Waals surface area contributed by atoms with E-state index in [0.717, 1.165) is 35.9 Å². The molecule has 0 amide bonds. The lowest BCUT2D eigenvalue weighted by atomic mass is 9.99. The Bertz CT molecular complexity index is 583. The fraction of sp³-hybridized carbons (Fsp3) is 0.294. The first-order chi connectivity index (χ1) is 9.72. The van der Waals surface area contributed by atoms with E-state index in [-0.39, 0.29) is 0 Å². The second-order valence-corrected chi connectivity index (χ2v) is 5.89. The molecule has 20 heavy (non-hydrogen) atoms. The molecule has 0 spiro atoms. The topological polar surface area (TPSA) is 29.3 Å². The minimum absolute atomic E-state index is 0.635. The van der Waals surface area contributed by atoms with Crippen LogP contribution in [0.5, 0.6) is 0 Å². The Balaban J connectivity index is 1.67. The zero-order valence-corrected chi connectivity index (χ0v) is 12.2. The van der Waals surface area contributed by atoms with Gasteiger partial charge < -0.3 is 5.73 Å².